The molecular weight excluding hydrogens is 302 g/mol. The first-order valence-electron chi connectivity index (χ1n) is 5.74. The molecule has 1 saturated heterocycles. The maximum absolute atomic E-state index is 10.9. The summed E-state index contributed by atoms with van der Waals surface area (Å²) in [7, 11) is 0. The van der Waals surface area contributed by atoms with Gasteiger partial charge in [0.1, 0.15) is 0 Å². The molecule has 1 fully saturated rings. The molecule has 0 aromatic heterocycles. The summed E-state index contributed by atoms with van der Waals surface area (Å²) in [5.74, 6) is 0.668. The van der Waals surface area contributed by atoms with Gasteiger partial charge in [0.05, 0.1) is 18.1 Å². The second-order valence-electron chi connectivity index (χ2n) is 4.23. The third kappa shape index (κ3) is 3.20. The van der Waals surface area contributed by atoms with Gasteiger partial charge in [0, 0.05) is 23.9 Å². The zero-order valence-corrected chi connectivity index (χ0v) is 11.4. The molecule has 1 aromatic carbocycles. The Morgan fingerprint density at radius 1 is 1.56 bits per heavy atom. The second-order valence-corrected chi connectivity index (χ2v) is 4.79. The lowest BCUT2D eigenvalue weighted by atomic mass is 10.1. The van der Waals surface area contributed by atoms with E-state index in [1.165, 1.54) is 6.07 Å². The smallest absolute Gasteiger partial charge is 0.310 e. The van der Waals surface area contributed by atoms with Gasteiger partial charge in [-0.25, -0.2) is 0 Å². The Balaban J connectivity index is 2.10. The first kappa shape index (κ1) is 13.3. The van der Waals surface area contributed by atoms with Crippen molar-refractivity contribution in [2.45, 2.75) is 11.8 Å². The van der Waals surface area contributed by atoms with Crippen LogP contribution in [0.15, 0.2) is 18.2 Å². The molecule has 0 N–H and O–H groups in total. The van der Waals surface area contributed by atoms with E-state index in [0.717, 1.165) is 18.6 Å². The van der Waals surface area contributed by atoms with Crippen molar-refractivity contribution in [3.05, 3.63) is 33.9 Å². The molecule has 1 atom stereocenters. The lowest BCUT2D eigenvalue weighted by molar-refractivity contribution is -0.385. The van der Waals surface area contributed by atoms with Gasteiger partial charge in [0.15, 0.2) is 5.75 Å². The molecule has 0 saturated carbocycles. The van der Waals surface area contributed by atoms with Crippen LogP contribution in [0.2, 0.25) is 0 Å². The Kier molecular flexibility index (Phi) is 4.54. The van der Waals surface area contributed by atoms with Gasteiger partial charge in [-0.15, -0.1) is 0 Å². The van der Waals surface area contributed by atoms with E-state index in [1.807, 2.05) is 0 Å². The molecule has 0 spiro atoms. The van der Waals surface area contributed by atoms with Crippen molar-refractivity contribution in [1.29, 1.82) is 0 Å². The number of ether oxygens (including phenoxy) is 2. The molecule has 1 aromatic rings. The summed E-state index contributed by atoms with van der Waals surface area (Å²) in [4.78, 5) is 10.5. The molecule has 0 radical (unpaired) electrons. The minimum Gasteiger partial charge on any atom is -0.486 e. The van der Waals surface area contributed by atoms with E-state index in [9.17, 15) is 10.1 Å². The summed E-state index contributed by atoms with van der Waals surface area (Å²) in [5.41, 5.74) is 0.969. The van der Waals surface area contributed by atoms with E-state index in [2.05, 4.69) is 15.9 Å². The summed E-state index contributed by atoms with van der Waals surface area (Å²) < 4.78 is 10.8. The molecule has 1 heterocycles. The van der Waals surface area contributed by atoms with Gasteiger partial charge in [-0.3, -0.25) is 10.1 Å². The topological polar surface area (TPSA) is 61.6 Å². The first-order valence-corrected chi connectivity index (χ1v) is 6.86. The van der Waals surface area contributed by atoms with Gasteiger partial charge in [0.25, 0.3) is 0 Å². The summed E-state index contributed by atoms with van der Waals surface area (Å²) in [5, 5.41) is 11.6. The minimum absolute atomic E-state index is 0.0126. The molecule has 18 heavy (non-hydrogen) atoms. The Morgan fingerprint density at radius 2 is 2.39 bits per heavy atom. The van der Waals surface area contributed by atoms with Crippen molar-refractivity contribution in [3.8, 4) is 5.75 Å². The van der Waals surface area contributed by atoms with Crippen LogP contribution in [-0.4, -0.2) is 24.7 Å². The molecule has 5 nitrogen and oxygen atoms in total. The lowest BCUT2D eigenvalue weighted by Gasteiger charge is -2.11. The monoisotopic (exact) mass is 315 g/mol. The van der Waals surface area contributed by atoms with Gasteiger partial charge >= 0.3 is 5.69 Å². The molecule has 1 aliphatic heterocycles. The van der Waals surface area contributed by atoms with E-state index in [1.54, 1.807) is 12.1 Å². The van der Waals surface area contributed by atoms with Crippen LogP contribution in [0.3, 0.4) is 0 Å². The zero-order valence-electron chi connectivity index (χ0n) is 9.80. The Bertz CT molecular complexity index is 432. The molecule has 0 aliphatic carbocycles. The van der Waals surface area contributed by atoms with Crippen molar-refractivity contribution in [2.24, 2.45) is 5.92 Å². The average molecular weight is 316 g/mol. The molecule has 6 heteroatoms. The first-order chi connectivity index (χ1) is 8.70. The molecular formula is C12H14BrNO4. The van der Waals surface area contributed by atoms with Crippen molar-refractivity contribution >= 4 is 21.6 Å². The highest BCUT2D eigenvalue weighted by molar-refractivity contribution is 9.08. The zero-order chi connectivity index (χ0) is 13.0. The quantitative estimate of drug-likeness (QED) is 0.476. The van der Waals surface area contributed by atoms with E-state index in [-0.39, 0.29) is 5.69 Å². The van der Waals surface area contributed by atoms with Crippen LogP contribution in [0.1, 0.15) is 12.0 Å². The molecule has 0 amide bonds. The van der Waals surface area contributed by atoms with Gasteiger partial charge < -0.3 is 9.47 Å². The third-order valence-electron chi connectivity index (χ3n) is 2.87. The highest BCUT2D eigenvalue weighted by Crippen LogP contribution is 2.29. The number of nitro groups is 1. The van der Waals surface area contributed by atoms with E-state index >= 15 is 0 Å². The summed E-state index contributed by atoms with van der Waals surface area (Å²) >= 11 is 3.33. The number of alkyl halides is 1. The highest BCUT2D eigenvalue weighted by Gasteiger charge is 2.20. The fraction of sp³-hybridized carbons (Fsp3) is 0.500. The fourth-order valence-corrected chi connectivity index (χ4v) is 2.18. The number of hydrogen-bond donors (Lipinski definition) is 0. The van der Waals surface area contributed by atoms with Crippen molar-refractivity contribution in [3.63, 3.8) is 0 Å². The number of benzene rings is 1. The maximum atomic E-state index is 10.9. The normalized spacial score (nSPS) is 18.8. The van der Waals surface area contributed by atoms with Crippen LogP contribution in [0, 0.1) is 16.0 Å². The molecule has 2 rings (SSSR count). The number of nitro benzene ring substituents is 1. The van der Waals surface area contributed by atoms with Crippen LogP contribution in [0.25, 0.3) is 0 Å². The molecule has 98 valence electrons. The Hall–Kier alpha value is -1.14. The van der Waals surface area contributed by atoms with Gasteiger partial charge in [0.2, 0.25) is 0 Å². The Morgan fingerprint density at radius 3 is 3.00 bits per heavy atom. The maximum Gasteiger partial charge on any atom is 0.310 e. The van der Waals surface area contributed by atoms with Crippen LogP contribution < -0.4 is 4.74 Å². The predicted molar refractivity (Wildman–Crippen MR) is 70.1 cm³/mol. The molecule has 1 unspecified atom stereocenters. The summed E-state index contributed by atoms with van der Waals surface area (Å²) in [6, 6.07) is 4.91. The van der Waals surface area contributed by atoms with Crippen LogP contribution >= 0.6 is 15.9 Å². The number of nitrogens with zero attached hydrogens (tertiary/aromatic N) is 1. The predicted octanol–water partition coefficient (Wildman–Crippen LogP) is 2.91. The third-order valence-corrected chi connectivity index (χ3v) is 3.52. The number of halogens is 1. The van der Waals surface area contributed by atoms with Gasteiger partial charge in [-0.2, -0.15) is 0 Å². The van der Waals surface area contributed by atoms with Gasteiger partial charge in [-0.05, 0) is 18.1 Å². The Labute approximate surface area is 113 Å². The molecule has 0 bridgehead atoms. The average Bonchev–Trinajstić information content (AvgIpc) is 2.88. The lowest BCUT2D eigenvalue weighted by Crippen LogP contribution is -2.12. The van der Waals surface area contributed by atoms with Gasteiger partial charge in [-0.1, -0.05) is 22.0 Å². The minimum atomic E-state index is -0.418. The highest BCUT2D eigenvalue weighted by atomic mass is 79.9. The van der Waals surface area contributed by atoms with E-state index < -0.39 is 4.92 Å². The van der Waals surface area contributed by atoms with Crippen LogP contribution in [0.5, 0.6) is 5.75 Å². The molecule has 1 aliphatic rings. The summed E-state index contributed by atoms with van der Waals surface area (Å²) in [6.45, 7) is 1.88. The number of rotatable bonds is 5. The number of hydrogen-bond acceptors (Lipinski definition) is 4. The SMILES string of the molecule is O=[N+]([O-])c1ccc(CBr)cc1OCC1CCOC1. The van der Waals surface area contributed by atoms with Crippen molar-refractivity contribution in [2.75, 3.05) is 19.8 Å². The van der Waals surface area contributed by atoms with E-state index in [0.29, 0.717) is 30.2 Å². The van der Waals surface area contributed by atoms with Crippen LogP contribution in [-0.2, 0) is 10.1 Å². The largest absolute Gasteiger partial charge is 0.486 e. The van der Waals surface area contributed by atoms with Crippen LogP contribution in [0.4, 0.5) is 5.69 Å². The van der Waals surface area contributed by atoms with Crippen molar-refractivity contribution < 1.29 is 14.4 Å². The van der Waals surface area contributed by atoms with E-state index in [4.69, 9.17) is 9.47 Å². The standard InChI is InChI=1S/C12H14BrNO4/c13-6-9-1-2-11(14(15)16)12(5-9)18-8-10-3-4-17-7-10/h1-2,5,10H,3-4,6-8H2. The van der Waals surface area contributed by atoms with Crippen molar-refractivity contribution in [1.82, 2.24) is 0 Å². The second kappa shape index (κ2) is 6.15. The summed E-state index contributed by atoms with van der Waals surface area (Å²) in [6.07, 6.45) is 0.950. The fourth-order valence-electron chi connectivity index (χ4n) is 1.83.